The Labute approximate surface area is 154 Å². The second-order valence-corrected chi connectivity index (χ2v) is 7.41. The van der Waals surface area contributed by atoms with Gasteiger partial charge in [-0.15, -0.1) is 0 Å². The predicted octanol–water partition coefficient (Wildman–Crippen LogP) is 4.89. The van der Waals surface area contributed by atoms with Crippen LogP contribution in [0.1, 0.15) is 73.6 Å². The molecule has 0 aliphatic carbocycles. The van der Waals surface area contributed by atoms with Gasteiger partial charge in [0.15, 0.2) is 0 Å². The summed E-state index contributed by atoms with van der Waals surface area (Å²) in [7, 11) is 0. The fourth-order valence-corrected chi connectivity index (χ4v) is 2.71. The molecule has 148 valence electrons. The van der Waals surface area contributed by atoms with E-state index in [1.807, 2.05) is 27.7 Å². The minimum atomic E-state index is -0.278. The number of ether oxygens (including phenoxy) is 2. The van der Waals surface area contributed by atoms with Crippen molar-refractivity contribution in [2.24, 2.45) is 17.8 Å². The Morgan fingerprint density at radius 3 is 2.20 bits per heavy atom. The predicted molar refractivity (Wildman–Crippen MR) is 101 cm³/mol. The highest BCUT2D eigenvalue weighted by atomic mass is 16.6. The highest BCUT2D eigenvalue weighted by molar-refractivity contribution is 5.70. The average molecular weight is 358 g/mol. The molecule has 0 aliphatic rings. The number of nitrogens with zero attached hydrogens (tertiary/aromatic N) is 1. The summed E-state index contributed by atoms with van der Waals surface area (Å²) in [6, 6.07) is 0. The molecule has 0 spiro atoms. The first-order valence-corrected chi connectivity index (χ1v) is 9.91. The zero-order valence-corrected chi connectivity index (χ0v) is 17.2. The van der Waals surface area contributed by atoms with Crippen LogP contribution in [0.25, 0.3) is 0 Å². The minimum Gasteiger partial charge on any atom is -0.465 e. The van der Waals surface area contributed by atoms with Gasteiger partial charge in [-0.2, -0.15) is 0 Å². The molecule has 0 saturated heterocycles. The van der Waals surface area contributed by atoms with Crippen molar-refractivity contribution >= 4 is 12.1 Å². The lowest BCUT2D eigenvalue weighted by molar-refractivity contribution is -0.145. The molecule has 2 unspecified atom stereocenters. The molecule has 0 aromatic carbocycles. The van der Waals surface area contributed by atoms with Crippen molar-refractivity contribution in [3.05, 3.63) is 0 Å². The molecule has 5 heteroatoms. The van der Waals surface area contributed by atoms with Crippen LogP contribution >= 0.6 is 0 Å². The van der Waals surface area contributed by atoms with E-state index in [1.165, 1.54) is 6.42 Å². The Hall–Kier alpha value is -1.26. The van der Waals surface area contributed by atoms with E-state index < -0.39 is 0 Å². The average Bonchev–Trinajstić information content (AvgIpc) is 2.55. The number of carbonyl (C=O) groups is 2. The zero-order valence-electron chi connectivity index (χ0n) is 17.2. The van der Waals surface area contributed by atoms with Crippen LogP contribution in [-0.4, -0.2) is 43.3 Å². The lowest BCUT2D eigenvalue weighted by Gasteiger charge is -2.28. The number of carbonyl (C=O) groups excluding carboxylic acids is 2. The van der Waals surface area contributed by atoms with E-state index in [1.54, 1.807) is 4.90 Å². The summed E-state index contributed by atoms with van der Waals surface area (Å²) in [6.45, 7) is 14.2. The normalized spacial score (nSPS) is 13.4. The van der Waals surface area contributed by atoms with Gasteiger partial charge in [0, 0.05) is 19.5 Å². The zero-order chi connectivity index (χ0) is 19.2. The molecule has 25 heavy (non-hydrogen) atoms. The lowest BCUT2D eigenvalue weighted by Crippen LogP contribution is -2.39. The van der Waals surface area contributed by atoms with Gasteiger partial charge in [-0.3, -0.25) is 4.79 Å². The topological polar surface area (TPSA) is 55.8 Å². The van der Waals surface area contributed by atoms with E-state index in [9.17, 15) is 9.59 Å². The van der Waals surface area contributed by atoms with Gasteiger partial charge in [0.25, 0.3) is 0 Å². The number of unbranched alkanes of at least 4 members (excludes halogenated alkanes) is 1. The summed E-state index contributed by atoms with van der Waals surface area (Å²) in [4.78, 5) is 26.0. The molecular weight excluding hydrogens is 318 g/mol. The minimum absolute atomic E-state index is 0.0488. The first-order chi connectivity index (χ1) is 11.8. The van der Waals surface area contributed by atoms with Crippen LogP contribution in [0.5, 0.6) is 0 Å². The third-order valence-electron chi connectivity index (χ3n) is 4.17. The van der Waals surface area contributed by atoms with Crippen LogP contribution < -0.4 is 0 Å². The molecule has 0 saturated carbocycles. The molecule has 0 bridgehead atoms. The Balaban J connectivity index is 4.64. The highest BCUT2D eigenvalue weighted by Crippen LogP contribution is 2.17. The standard InChI is InChI=1S/C20H39NO4/c1-7-10-11-18(8-2)14-21(20(23)24-9-3)13-17(6)12-19(22)25-15-16(4)5/h16-18H,7-15H2,1-6H3. The lowest BCUT2D eigenvalue weighted by atomic mass is 9.98. The second-order valence-electron chi connectivity index (χ2n) is 7.41. The Morgan fingerprint density at radius 1 is 1.00 bits per heavy atom. The van der Waals surface area contributed by atoms with Crippen molar-refractivity contribution in [3.8, 4) is 0 Å². The maximum absolute atomic E-state index is 12.3. The van der Waals surface area contributed by atoms with Crippen molar-refractivity contribution in [1.82, 2.24) is 4.90 Å². The fraction of sp³-hybridized carbons (Fsp3) is 0.900. The van der Waals surface area contributed by atoms with Crippen LogP contribution in [-0.2, 0) is 14.3 Å². The summed E-state index contributed by atoms with van der Waals surface area (Å²) in [5.41, 5.74) is 0. The van der Waals surface area contributed by atoms with Crippen molar-refractivity contribution in [1.29, 1.82) is 0 Å². The number of hydrogen-bond acceptors (Lipinski definition) is 4. The highest BCUT2D eigenvalue weighted by Gasteiger charge is 2.22. The van der Waals surface area contributed by atoms with Crippen molar-refractivity contribution in [2.45, 2.75) is 73.6 Å². The van der Waals surface area contributed by atoms with Gasteiger partial charge < -0.3 is 14.4 Å². The van der Waals surface area contributed by atoms with Crippen molar-refractivity contribution in [2.75, 3.05) is 26.3 Å². The molecule has 1 amide bonds. The van der Waals surface area contributed by atoms with Crippen molar-refractivity contribution < 1.29 is 19.1 Å². The molecule has 0 fully saturated rings. The van der Waals surface area contributed by atoms with Gasteiger partial charge >= 0.3 is 12.1 Å². The van der Waals surface area contributed by atoms with E-state index in [2.05, 4.69) is 13.8 Å². The number of rotatable bonds is 13. The molecule has 0 radical (unpaired) electrons. The summed E-state index contributed by atoms with van der Waals surface area (Å²) in [6.07, 6.45) is 4.54. The molecule has 5 nitrogen and oxygen atoms in total. The summed E-state index contributed by atoms with van der Waals surface area (Å²) < 4.78 is 10.5. The van der Waals surface area contributed by atoms with Gasteiger partial charge in [-0.05, 0) is 31.1 Å². The Bertz CT molecular complexity index is 371. The summed E-state index contributed by atoms with van der Waals surface area (Å²) >= 11 is 0. The number of esters is 1. The summed E-state index contributed by atoms with van der Waals surface area (Å²) in [5.74, 6) is 0.666. The second kappa shape index (κ2) is 14.0. The first kappa shape index (κ1) is 23.7. The van der Waals surface area contributed by atoms with Crippen LogP contribution in [0, 0.1) is 17.8 Å². The van der Waals surface area contributed by atoms with E-state index in [4.69, 9.17) is 9.47 Å². The SMILES string of the molecule is CCCCC(CC)CN(CC(C)CC(=O)OCC(C)C)C(=O)OCC. The fourth-order valence-electron chi connectivity index (χ4n) is 2.71. The van der Waals surface area contributed by atoms with Gasteiger partial charge in [-0.1, -0.05) is 53.9 Å². The van der Waals surface area contributed by atoms with Crippen LogP contribution in [0.15, 0.2) is 0 Å². The molecule has 0 rings (SSSR count). The molecular formula is C20H39NO4. The molecule has 0 aromatic heterocycles. The Kier molecular flexibility index (Phi) is 13.3. The van der Waals surface area contributed by atoms with E-state index >= 15 is 0 Å². The number of amides is 1. The van der Waals surface area contributed by atoms with Crippen LogP contribution in [0.3, 0.4) is 0 Å². The molecule has 0 aliphatic heterocycles. The largest absolute Gasteiger partial charge is 0.465 e. The summed E-state index contributed by atoms with van der Waals surface area (Å²) in [5, 5.41) is 0. The van der Waals surface area contributed by atoms with E-state index in [-0.39, 0.29) is 18.0 Å². The monoisotopic (exact) mass is 357 g/mol. The molecule has 2 atom stereocenters. The third kappa shape index (κ3) is 11.8. The van der Waals surface area contributed by atoms with Gasteiger partial charge in [0.05, 0.1) is 13.2 Å². The van der Waals surface area contributed by atoms with E-state index in [0.29, 0.717) is 44.6 Å². The van der Waals surface area contributed by atoms with Gasteiger partial charge in [0.1, 0.15) is 0 Å². The third-order valence-corrected chi connectivity index (χ3v) is 4.17. The van der Waals surface area contributed by atoms with Crippen LogP contribution in [0.2, 0.25) is 0 Å². The molecule has 0 heterocycles. The first-order valence-electron chi connectivity index (χ1n) is 9.91. The quantitative estimate of drug-likeness (QED) is 0.441. The maximum Gasteiger partial charge on any atom is 0.409 e. The van der Waals surface area contributed by atoms with Crippen LogP contribution in [0.4, 0.5) is 4.79 Å². The van der Waals surface area contributed by atoms with E-state index in [0.717, 1.165) is 19.3 Å². The van der Waals surface area contributed by atoms with Gasteiger partial charge in [0.2, 0.25) is 0 Å². The van der Waals surface area contributed by atoms with Crippen molar-refractivity contribution in [3.63, 3.8) is 0 Å². The molecule has 0 aromatic rings. The smallest absolute Gasteiger partial charge is 0.409 e. The molecule has 0 N–H and O–H groups in total. The Morgan fingerprint density at radius 2 is 1.68 bits per heavy atom. The number of hydrogen-bond donors (Lipinski definition) is 0. The van der Waals surface area contributed by atoms with Gasteiger partial charge in [-0.25, -0.2) is 4.79 Å². The maximum atomic E-state index is 12.3.